The smallest absolute Gasteiger partial charge is 0.124 e. The fourth-order valence-corrected chi connectivity index (χ4v) is 0.948. The zero-order chi connectivity index (χ0) is 10.2. The molecule has 3 nitrogen and oxygen atoms in total. The first-order valence-corrected chi connectivity index (χ1v) is 4.35. The number of hydrogen-bond donors (Lipinski definition) is 1. The van der Waals surface area contributed by atoms with E-state index in [0.717, 1.165) is 0 Å². The van der Waals surface area contributed by atoms with Crippen molar-refractivity contribution in [3.05, 3.63) is 42.7 Å². The summed E-state index contributed by atoms with van der Waals surface area (Å²) in [7, 11) is 0. The maximum atomic E-state index is 9.37. The highest BCUT2D eigenvalue weighted by atomic mass is 16.5. The van der Waals surface area contributed by atoms with Gasteiger partial charge in [0.15, 0.2) is 0 Å². The zero-order valence-corrected chi connectivity index (χ0v) is 7.89. The van der Waals surface area contributed by atoms with Crippen molar-refractivity contribution in [1.82, 2.24) is 0 Å². The Morgan fingerprint density at radius 2 is 2.21 bits per heavy atom. The Hall–Kier alpha value is -1.77. The number of benzene rings is 1. The third-order valence-corrected chi connectivity index (χ3v) is 1.62. The molecule has 0 aliphatic rings. The summed E-state index contributed by atoms with van der Waals surface area (Å²) in [6.07, 6.45) is 3.01. The van der Waals surface area contributed by atoms with Crippen LogP contribution in [0.1, 0.15) is 5.56 Å². The number of nitrogens with zero attached hydrogens (tertiary/aromatic N) is 1. The molecule has 0 saturated heterocycles. The summed E-state index contributed by atoms with van der Waals surface area (Å²) in [6, 6.07) is 7.05. The van der Waals surface area contributed by atoms with Gasteiger partial charge >= 0.3 is 0 Å². The molecule has 0 aliphatic heterocycles. The van der Waals surface area contributed by atoms with Crippen molar-refractivity contribution in [2.24, 2.45) is 4.99 Å². The Bertz CT molecular complexity index is 321. The highest BCUT2D eigenvalue weighted by molar-refractivity contribution is 5.83. The third kappa shape index (κ3) is 3.31. The van der Waals surface area contributed by atoms with Crippen LogP contribution < -0.4 is 0 Å². The molecule has 1 rings (SSSR count). The first-order valence-electron chi connectivity index (χ1n) is 4.35. The summed E-state index contributed by atoms with van der Waals surface area (Å²) in [5, 5.41) is 9.37. The molecule has 0 radical (unpaired) electrons. The molecule has 0 fully saturated rings. The molecule has 3 heteroatoms. The van der Waals surface area contributed by atoms with Crippen LogP contribution in [0.15, 0.2) is 42.1 Å². The molecule has 0 aliphatic carbocycles. The van der Waals surface area contributed by atoms with E-state index in [1.165, 1.54) is 6.26 Å². The normalized spacial score (nSPS) is 10.3. The molecule has 74 valence electrons. The van der Waals surface area contributed by atoms with E-state index in [0.29, 0.717) is 18.7 Å². The lowest BCUT2D eigenvalue weighted by molar-refractivity contribution is 0.261. The molecule has 0 atom stereocenters. The third-order valence-electron chi connectivity index (χ3n) is 1.62. The molecule has 0 bridgehead atoms. The maximum Gasteiger partial charge on any atom is 0.124 e. The lowest BCUT2D eigenvalue weighted by atomic mass is 10.2. The molecule has 1 aromatic carbocycles. The standard InChI is InChI=1S/C11H13NO2/c1-2-14-8-7-12-9-10-5-3-4-6-11(10)13/h2-6,9,13H,1,7-8H2. The van der Waals surface area contributed by atoms with Crippen molar-refractivity contribution in [1.29, 1.82) is 0 Å². The number of rotatable bonds is 5. The lowest BCUT2D eigenvalue weighted by Crippen LogP contribution is -1.92. The van der Waals surface area contributed by atoms with Gasteiger partial charge in [-0.15, -0.1) is 0 Å². The highest BCUT2D eigenvalue weighted by Crippen LogP contribution is 2.12. The maximum absolute atomic E-state index is 9.37. The monoisotopic (exact) mass is 191 g/mol. The van der Waals surface area contributed by atoms with Gasteiger partial charge < -0.3 is 9.84 Å². The molecule has 0 unspecified atom stereocenters. The minimum Gasteiger partial charge on any atom is -0.507 e. The molecule has 1 N–H and O–H groups in total. The van der Waals surface area contributed by atoms with E-state index in [2.05, 4.69) is 11.6 Å². The van der Waals surface area contributed by atoms with E-state index in [-0.39, 0.29) is 5.75 Å². The number of aliphatic imine (C=N–C) groups is 1. The van der Waals surface area contributed by atoms with Crippen LogP contribution in [0, 0.1) is 0 Å². The molecule has 14 heavy (non-hydrogen) atoms. The van der Waals surface area contributed by atoms with Crippen LogP contribution in [0.25, 0.3) is 0 Å². The topological polar surface area (TPSA) is 41.8 Å². The summed E-state index contributed by atoms with van der Waals surface area (Å²) in [5.41, 5.74) is 0.714. The Kier molecular flexibility index (Phi) is 4.27. The Balaban J connectivity index is 2.43. The van der Waals surface area contributed by atoms with Gasteiger partial charge in [0.1, 0.15) is 12.4 Å². The number of para-hydroxylation sites is 1. The Labute approximate surface area is 83.4 Å². The second-order valence-electron chi connectivity index (χ2n) is 2.63. The van der Waals surface area contributed by atoms with Crippen LogP contribution in [0.3, 0.4) is 0 Å². The Morgan fingerprint density at radius 3 is 2.93 bits per heavy atom. The summed E-state index contributed by atoms with van der Waals surface area (Å²) < 4.78 is 4.89. The molecule has 0 amide bonds. The molecular formula is C11H13NO2. The van der Waals surface area contributed by atoms with Gasteiger partial charge in [-0.25, -0.2) is 0 Å². The SMILES string of the molecule is C=COCCN=Cc1ccccc1O. The van der Waals surface area contributed by atoms with E-state index >= 15 is 0 Å². The van der Waals surface area contributed by atoms with Gasteiger partial charge in [-0.3, -0.25) is 4.99 Å². The quantitative estimate of drug-likeness (QED) is 0.439. The summed E-state index contributed by atoms with van der Waals surface area (Å²) in [4.78, 5) is 4.08. The van der Waals surface area contributed by atoms with Crippen LogP contribution in [0.4, 0.5) is 0 Å². The zero-order valence-electron chi connectivity index (χ0n) is 7.89. The molecule has 0 heterocycles. The minimum absolute atomic E-state index is 0.237. The average molecular weight is 191 g/mol. The predicted octanol–water partition coefficient (Wildman–Crippen LogP) is 1.97. The van der Waals surface area contributed by atoms with Crippen LogP contribution >= 0.6 is 0 Å². The molecule has 0 saturated carbocycles. The fraction of sp³-hybridized carbons (Fsp3) is 0.182. The van der Waals surface area contributed by atoms with Gasteiger partial charge in [-0.2, -0.15) is 0 Å². The van der Waals surface area contributed by atoms with Crippen molar-refractivity contribution in [3.63, 3.8) is 0 Å². The average Bonchev–Trinajstić information content (AvgIpc) is 2.20. The number of ether oxygens (including phenoxy) is 1. The van der Waals surface area contributed by atoms with Gasteiger partial charge in [-0.05, 0) is 12.1 Å². The van der Waals surface area contributed by atoms with Crippen LogP contribution in [-0.4, -0.2) is 24.5 Å². The van der Waals surface area contributed by atoms with Crippen LogP contribution in [0.2, 0.25) is 0 Å². The summed E-state index contributed by atoms with van der Waals surface area (Å²) in [6.45, 7) is 4.48. The van der Waals surface area contributed by atoms with E-state index < -0.39 is 0 Å². The lowest BCUT2D eigenvalue weighted by Gasteiger charge is -1.97. The van der Waals surface area contributed by atoms with Gasteiger partial charge in [0.2, 0.25) is 0 Å². The molecule has 1 aromatic rings. The molecule has 0 spiro atoms. The van der Waals surface area contributed by atoms with E-state index in [1.807, 2.05) is 6.07 Å². The van der Waals surface area contributed by atoms with E-state index in [9.17, 15) is 5.11 Å². The van der Waals surface area contributed by atoms with Crippen molar-refractivity contribution >= 4 is 6.21 Å². The van der Waals surface area contributed by atoms with Crippen molar-refractivity contribution < 1.29 is 9.84 Å². The van der Waals surface area contributed by atoms with Gasteiger partial charge in [0.05, 0.1) is 12.8 Å². The predicted molar refractivity (Wildman–Crippen MR) is 56.7 cm³/mol. The Morgan fingerprint density at radius 1 is 1.43 bits per heavy atom. The van der Waals surface area contributed by atoms with Gasteiger partial charge in [-0.1, -0.05) is 18.7 Å². The second kappa shape index (κ2) is 5.80. The number of hydrogen-bond acceptors (Lipinski definition) is 3. The number of phenolic OH excluding ortho intramolecular Hbond substituents is 1. The largest absolute Gasteiger partial charge is 0.507 e. The number of phenols is 1. The first-order chi connectivity index (χ1) is 6.84. The fourth-order valence-electron chi connectivity index (χ4n) is 0.948. The van der Waals surface area contributed by atoms with Crippen molar-refractivity contribution in [2.75, 3.05) is 13.2 Å². The molecular weight excluding hydrogens is 178 g/mol. The minimum atomic E-state index is 0.237. The van der Waals surface area contributed by atoms with Crippen molar-refractivity contribution in [3.8, 4) is 5.75 Å². The summed E-state index contributed by atoms with van der Waals surface area (Å²) in [5.74, 6) is 0.237. The van der Waals surface area contributed by atoms with E-state index in [4.69, 9.17) is 4.74 Å². The van der Waals surface area contributed by atoms with Gasteiger partial charge in [0.25, 0.3) is 0 Å². The number of aromatic hydroxyl groups is 1. The first kappa shape index (κ1) is 10.3. The van der Waals surface area contributed by atoms with Crippen LogP contribution in [-0.2, 0) is 4.74 Å². The van der Waals surface area contributed by atoms with E-state index in [1.54, 1.807) is 24.4 Å². The van der Waals surface area contributed by atoms with Crippen LogP contribution in [0.5, 0.6) is 5.75 Å². The molecule has 0 aromatic heterocycles. The second-order valence-corrected chi connectivity index (χ2v) is 2.63. The van der Waals surface area contributed by atoms with Crippen molar-refractivity contribution in [2.45, 2.75) is 0 Å². The van der Waals surface area contributed by atoms with Gasteiger partial charge in [0, 0.05) is 11.8 Å². The highest BCUT2D eigenvalue weighted by Gasteiger charge is 1.93. The summed E-state index contributed by atoms with van der Waals surface area (Å²) >= 11 is 0.